The lowest BCUT2D eigenvalue weighted by molar-refractivity contribution is 0.510. The molecular weight excluding hydrogens is 252 g/mol. The van der Waals surface area contributed by atoms with E-state index in [9.17, 15) is 0 Å². The van der Waals surface area contributed by atoms with Crippen molar-refractivity contribution in [1.82, 2.24) is 19.7 Å². The molecule has 104 valence electrons. The third-order valence-corrected chi connectivity index (χ3v) is 3.37. The number of nitrogens with one attached hydrogen (secondary N) is 1. The maximum Gasteiger partial charge on any atom is 0.176 e. The molecule has 0 saturated heterocycles. The number of hydrogen-bond donors (Lipinski definition) is 1. The highest BCUT2D eigenvalue weighted by Gasteiger charge is 2.15. The van der Waals surface area contributed by atoms with E-state index < -0.39 is 0 Å². The van der Waals surface area contributed by atoms with Gasteiger partial charge in [-0.05, 0) is 39.0 Å². The molecule has 0 amide bonds. The lowest BCUT2D eigenvalue weighted by atomic mass is 10.1. The lowest BCUT2D eigenvalue weighted by Gasteiger charge is -2.14. The summed E-state index contributed by atoms with van der Waals surface area (Å²) >= 11 is 0. The quantitative estimate of drug-likeness (QED) is 0.791. The first kappa shape index (κ1) is 12.7. The van der Waals surface area contributed by atoms with Crippen LogP contribution >= 0.6 is 0 Å². The van der Waals surface area contributed by atoms with Crippen LogP contribution in [0, 0.1) is 13.8 Å². The van der Waals surface area contributed by atoms with Crippen LogP contribution in [0.3, 0.4) is 0 Å². The van der Waals surface area contributed by atoms with Gasteiger partial charge in [0.25, 0.3) is 0 Å². The zero-order chi connectivity index (χ0) is 14.1. The number of aromatic nitrogens is 4. The molecule has 0 aromatic carbocycles. The minimum absolute atomic E-state index is 0.264. The zero-order valence-corrected chi connectivity index (χ0v) is 11.9. The van der Waals surface area contributed by atoms with Crippen LogP contribution in [-0.4, -0.2) is 19.7 Å². The van der Waals surface area contributed by atoms with Crippen LogP contribution in [0.1, 0.15) is 30.1 Å². The number of furan rings is 1. The standard InChI is InChI=1S/C15H18N4O/c1-10-8-13(18-17-10)9-11(2)19-7-6-16-15(19)14-5-4-12(3)20-14/h4-8,11H,9H2,1-3H3,(H,17,18)/t11-/m0/s1. The molecule has 0 aliphatic rings. The summed E-state index contributed by atoms with van der Waals surface area (Å²) in [6.07, 6.45) is 4.64. The van der Waals surface area contributed by atoms with Gasteiger partial charge in [0, 0.05) is 30.6 Å². The van der Waals surface area contributed by atoms with Crippen molar-refractivity contribution in [3.63, 3.8) is 0 Å². The van der Waals surface area contributed by atoms with E-state index in [1.165, 1.54) is 0 Å². The average Bonchev–Trinajstić information content (AvgIpc) is 3.09. The molecule has 3 rings (SSSR count). The number of aromatic amines is 1. The maximum atomic E-state index is 5.67. The fraction of sp³-hybridized carbons (Fsp3) is 0.333. The van der Waals surface area contributed by atoms with Crippen molar-refractivity contribution >= 4 is 0 Å². The third-order valence-electron chi connectivity index (χ3n) is 3.37. The minimum Gasteiger partial charge on any atom is -0.458 e. The Bertz CT molecular complexity index is 707. The first-order valence-corrected chi connectivity index (χ1v) is 6.74. The number of imidazole rings is 1. The summed E-state index contributed by atoms with van der Waals surface area (Å²) in [7, 11) is 0. The van der Waals surface area contributed by atoms with Crippen molar-refractivity contribution in [2.75, 3.05) is 0 Å². The van der Waals surface area contributed by atoms with Gasteiger partial charge in [0.05, 0.1) is 5.69 Å². The summed E-state index contributed by atoms with van der Waals surface area (Å²) < 4.78 is 7.80. The van der Waals surface area contributed by atoms with Crippen molar-refractivity contribution in [2.45, 2.75) is 33.2 Å². The molecule has 0 aliphatic heterocycles. The van der Waals surface area contributed by atoms with Crippen molar-refractivity contribution in [1.29, 1.82) is 0 Å². The summed E-state index contributed by atoms with van der Waals surface area (Å²) in [5.41, 5.74) is 2.14. The highest BCUT2D eigenvalue weighted by molar-refractivity contribution is 5.48. The van der Waals surface area contributed by atoms with E-state index in [0.717, 1.165) is 35.2 Å². The third kappa shape index (κ3) is 2.39. The minimum atomic E-state index is 0.264. The van der Waals surface area contributed by atoms with Crippen LogP contribution < -0.4 is 0 Å². The van der Waals surface area contributed by atoms with Gasteiger partial charge in [0.2, 0.25) is 0 Å². The predicted molar refractivity (Wildman–Crippen MR) is 76.4 cm³/mol. The molecule has 5 heteroatoms. The summed E-state index contributed by atoms with van der Waals surface area (Å²) in [4.78, 5) is 4.41. The number of nitrogens with zero attached hydrogens (tertiary/aromatic N) is 3. The van der Waals surface area contributed by atoms with Gasteiger partial charge >= 0.3 is 0 Å². The summed E-state index contributed by atoms with van der Waals surface area (Å²) in [6.45, 7) is 6.10. The van der Waals surface area contributed by atoms with Gasteiger partial charge in [0.1, 0.15) is 5.76 Å². The van der Waals surface area contributed by atoms with Crippen LogP contribution in [0.15, 0.2) is 35.0 Å². The number of hydrogen-bond acceptors (Lipinski definition) is 3. The Hall–Kier alpha value is -2.30. The Morgan fingerprint density at radius 2 is 2.20 bits per heavy atom. The second-order valence-electron chi connectivity index (χ2n) is 5.16. The Morgan fingerprint density at radius 1 is 1.35 bits per heavy atom. The Kier molecular flexibility index (Phi) is 3.18. The Balaban J connectivity index is 1.85. The van der Waals surface area contributed by atoms with E-state index >= 15 is 0 Å². The lowest BCUT2D eigenvalue weighted by Crippen LogP contribution is -2.09. The molecule has 0 saturated carbocycles. The molecule has 5 nitrogen and oxygen atoms in total. The van der Waals surface area contributed by atoms with Gasteiger partial charge in [-0.2, -0.15) is 5.10 Å². The molecule has 0 unspecified atom stereocenters. The zero-order valence-electron chi connectivity index (χ0n) is 11.9. The van der Waals surface area contributed by atoms with Crippen LogP contribution in [0.25, 0.3) is 11.6 Å². The van der Waals surface area contributed by atoms with Crippen LogP contribution in [0.5, 0.6) is 0 Å². The summed E-state index contributed by atoms with van der Waals surface area (Å²) in [6, 6.07) is 6.25. The number of rotatable bonds is 4. The van der Waals surface area contributed by atoms with Crippen LogP contribution in [-0.2, 0) is 6.42 Å². The van der Waals surface area contributed by atoms with E-state index in [-0.39, 0.29) is 6.04 Å². The molecule has 0 spiro atoms. The number of aryl methyl sites for hydroxylation is 2. The highest BCUT2D eigenvalue weighted by atomic mass is 16.3. The van der Waals surface area contributed by atoms with E-state index in [4.69, 9.17) is 4.42 Å². The van der Waals surface area contributed by atoms with E-state index in [2.05, 4.69) is 32.7 Å². The molecule has 0 fully saturated rings. The van der Waals surface area contributed by atoms with Gasteiger partial charge < -0.3 is 8.98 Å². The van der Waals surface area contributed by atoms with E-state index in [0.29, 0.717) is 0 Å². The Morgan fingerprint density at radius 3 is 2.85 bits per heavy atom. The van der Waals surface area contributed by atoms with E-state index in [1.807, 2.05) is 32.2 Å². The van der Waals surface area contributed by atoms with E-state index in [1.54, 1.807) is 6.20 Å². The SMILES string of the molecule is Cc1cc(C[C@H](C)n2ccnc2-c2ccc(C)o2)n[nH]1. The fourth-order valence-electron chi connectivity index (χ4n) is 2.39. The highest BCUT2D eigenvalue weighted by Crippen LogP contribution is 2.24. The second-order valence-corrected chi connectivity index (χ2v) is 5.16. The molecule has 0 aliphatic carbocycles. The summed E-state index contributed by atoms with van der Waals surface area (Å²) in [5.74, 6) is 2.56. The molecule has 0 bridgehead atoms. The monoisotopic (exact) mass is 270 g/mol. The molecule has 3 aromatic rings. The predicted octanol–water partition coefficient (Wildman–Crippen LogP) is 3.29. The van der Waals surface area contributed by atoms with Gasteiger partial charge in [-0.3, -0.25) is 5.10 Å². The van der Waals surface area contributed by atoms with Crippen LogP contribution in [0.2, 0.25) is 0 Å². The first-order valence-electron chi connectivity index (χ1n) is 6.74. The molecule has 1 N–H and O–H groups in total. The van der Waals surface area contributed by atoms with Crippen LogP contribution in [0.4, 0.5) is 0 Å². The molecular formula is C15H18N4O. The topological polar surface area (TPSA) is 59.6 Å². The van der Waals surface area contributed by atoms with Gasteiger partial charge in [-0.15, -0.1) is 0 Å². The largest absolute Gasteiger partial charge is 0.458 e. The van der Waals surface area contributed by atoms with Crippen molar-refractivity contribution < 1.29 is 4.42 Å². The Labute approximate surface area is 117 Å². The molecule has 3 aromatic heterocycles. The normalized spacial score (nSPS) is 12.8. The van der Waals surface area contributed by atoms with Gasteiger partial charge in [0.15, 0.2) is 11.6 Å². The van der Waals surface area contributed by atoms with Crippen molar-refractivity contribution in [2.24, 2.45) is 0 Å². The molecule has 1 atom stereocenters. The average molecular weight is 270 g/mol. The first-order chi connectivity index (χ1) is 9.63. The van der Waals surface area contributed by atoms with Crippen molar-refractivity contribution in [3.05, 3.63) is 47.7 Å². The van der Waals surface area contributed by atoms with Crippen molar-refractivity contribution in [3.8, 4) is 11.6 Å². The summed E-state index contributed by atoms with van der Waals surface area (Å²) in [5, 5.41) is 7.27. The molecule has 0 radical (unpaired) electrons. The molecule has 3 heterocycles. The number of H-pyrrole nitrogens is 1. The maximum absolute atomic E-state index is 5.67. The smallest absolute Gasteiger partial charge is 0.176 e. The second kappa shape index (κ2) is 5.00. The van der Waals surface area contributed by atoms with Gasteiger partial charge in [-0.25, -0.2) is 4.98 Å². The molecule has 20 heavy (non-hydrogen) atoms. The fourth-order valence-corrected chi connectivity index (χ4v) is 2.39. The van der Waals surface area contributed by atoms with Gasteiger partial charge in [-0.1, -0.05) is 0 Å².